The first-order valence-electron chi connectivity index (χ1n) is 4.59. The van der Waals surface area contributed by atoms with E-state index < -0.39 is 10.0 Å². The number of nitrogens with one attached hydrogen (secondary N) is 2. The molecule has 1 heterocycles. The average Bonchev–Trinajstić information content (AvgIpc) is 2.25. The minimum absolute atomic E-state index is 0.431. The van der Waals surface area contributed by atoms with Gasteiger partial charge in [0.1, 0.15) is 0 Å². The zero-order valence-corrected chi connectivity index (χ0v) is 9.45. The summed E-state index contributed by atoms with van der Waals surface area (Å²) in [6.45, 7) is 0. The lowest BCUT2D eigenvalue weighted by Gasteiger charge is -2.05. The van der Waals surface area contributed by atoms with Crippen LogP contribution in [0, 0.1) is 4.78 Å². The minimum Gasteiger partial charge on any atom is -0.233 e. The molecule has 0 aliphatic rings. The van der Waals surface area contributed by atoms with Crippen molar-refractivity contribution >= 4 is 26.7 Å². The molecule has 0 saturated carbocycles. The van der Waals surface area contributed by atoms with Crippen molar-refractivity contribution in [2.45, 2.75) is 0 Å². The number of fused-ring (bicyclic) bond motifs is 1. The molecule has 1 unspecified atom stereocenters. The van der Waals surface area contributed by atoms with E-state index in [-0.39, 0.29) is 0 Å². The first-order chi connectivity index (χ1) is 7.54. The van der Waals surface area contributed by atoms with E-state index in [1.165, 1.54) is 6.26 Å². The molecule has 0 aliphatic carbocycles. The fourth-order valence-corrected chi connectivity index (χ4v) is 1.49. The number of aromatic nitrogens is 1. The summed E-state index contributed by atoms with van der Waals surface area (Å²) in [4.78, 5) is 4.23. The lowest BCUT2D eigenvalue weighted by Crippen LogP contribution is -2.08. The molecule has 2 rings (SSSR count). The smallest absolute Gasteiger partial charge is 0.179 e. The first-order valence-corrected chi connectivity index (χ1v) is 6.48. The number of para-hydroxylation sites is 1. The maximum Gasteiger partial charge on any atom is 0.179 e. The van der Waals surface area contributed by atoms with Gasteiger partial charge in [-0.3, -0.25) is 0 Å². The third-order valence-corrected chi connectivity index (χ3v) is 2.31. The normalized spacial score (nSPS) is 14.6. The second-order valence-corrected chi connectivity index (χ2v) is 5.06. The van der Waals surface area contributed by atoms with Crippen molar-refractivity contribution in [1.82, 2.24) is 4.98 Å². The molecule has 0 spiro atoms. The molecule has 16 heavy (non-hydrogen) atoms. The van der Waals surface area contributed by atoms with Gasteiger partial charge in [-0.25, -0.2) is 19.5 Å². The van der Waals surface area contributed by atoms with Crippen LogP contribution in [0.3, 0.4) is 0 Å². The van der Waals surface area contributed by atoms with Gasteiger partial charge in [-0.05, 0) is 18.2 Å². The third kappa shape index (κ3) is 2.68. The molecule has 0 aliphatic heterocycles. The fourth-order valence-electron chi connectivity index (χ4n) is 1.25. The van der Waals surface area contributed by atoms with Crippen LogP contribution in [0.4, 0.5) is 5.82 Å². The molecule has 0 saturated heterocycles. The van der Waals surface area contributed by atoms with Crippen LogP contribution in [-0.4, -0.2) is 15.4 Å². The SMILES string of the molecule is CS(=N)(=O)ONc1ccc2ccccc2n1. The van der Waals surface area contributed by atoms with E-state index in [1.807, 2.05) is 30.3 Å². The van der Waals surface area contributed by atoms with Crippen molar-refractivity contribution in [3.8, 4) is 0 Å². The highest BCUT2D eigenvalue weighted by molar-refractivity contribution is 7.87. The van der Waals surface area contributed by atoms with Gasteiger partial charge in [-0.1, -0.05) is 18.2 Å². The predicted molar refractivity (Wildman–Crippen MR) is 63.2 cm³/mol. The average molecular weight is 237 g/mol. The highest BCUT2D eigenvalue weighted by Gasteiger charge is 2.00. The molecule has 6 heteroatoms. The van der Waals surface area contributed by atoms with E-state index in [9.17, 15) is 4.21 Å². The van der Waals surface area contributed by atoms with Crippen molar-refractivity contribution in [2.24, 2.45) is 0 Å². The van der Waals surface area contributed by atoms with Crippen LogP contribution in [0.15, 0.2) is 36.4 Å². The van der Waals surface area contributed by atoms with Gasteiger partial charge in [0.2, 0.25) is 0 Å². The molecular formula is C10H11N3O2S. The van der Waals surface area contributed by atoms with E-state index in [1.54, 1.807) is 6.07 Å². The molecule has 5 nitrogen and oxygen atoms in total. The fraction of sp³-hybridized carbons (Fsp3) is 0.100. The van der Waals surface area contributed by atoms with Crippen molar-refractivity contribution < 1.29 is 8.49 Å². The van der Waals surface area contributed by atoms with E-state index in [2.05, 4.69) is 14.7 Å². The molecule has 0 fully saturated rings. The molecule has 0 bridgehead atoms. The summed E-state index contributed by atoms with van der Waals surface area (Å²) in [5.74, 6) is 0.431. The molecule has 1 aromatic carbocycles. The van der Waals surface area contributed by atoms with Gasteiger partial charge in [0.25, 0.3) is 0 Å². The first kappa shape index (κ1) is 10.8. The topological polar surface area (TPSA) is 75.1 Å². The Kier molecular flexibility index (Phi) is 2.76. The molecule has 84 valence electrons. The highest BCUT2D eigenvalue weighted by atomic mass is 32.2. The van der Waals surface area contributed by atoms with Crippen LogP contribution in [0.5, 0.6) is 0 Å². The van der Waals surface area contributed by atoms with Crippen LogP contribution >= 0.6 is 0 Å². The van der Waals surface area contributed by atoms with Crippen LogP contribution in [0.1, 0.15) is 0 Å². The molecule has 2 aromatic rings. The van der Waals surface area contributed by atoms with Gasteiger partial charge >= 0.3 is 0 Å². The summed E-state index contributed by atoms with van der Waals surface area (Å²) in [5.41, 5.74) is 3.21. The molecule has 0 amide bonds. The van der Waals surface area contributed by atoms with Crippen LogP contribution in [0.2, 0.25) is 0 Å². The van der Waals surface area contributed by atoms with Crippen molar-refractivity contribution in [3.63, 3.8) is 0 Å². The largest absolute Gasteiger partial charge is 0.233 e. The monoisotopic (exact) mass is 237 g/mol. The Balaban J connectivity index is 2.26. The summed E-state index contributed by atoms with van der Waals surface area (Å²) < 4.78 is 22.7. The van der Waals surface area contributed by atoms with Gasteiger partial charge in [0, 0.05) is 11.6 Å². The lowest BCUT2D eigenvalue weighted by atomic mass is 10.2. The van der Waals surface area contributed by atoms with Crippen LogP contribution in [-0.2, 0) is 14.3 Å². The number of anilines is 1. The van der Waals surface area contributed by atoms with E-state index in [0.717, 1.165) is 10.9 Å². The second-order valence-electron chi connectivity index (χ2n) is 3.35. The maximum atomic E-state index is 11.0. The van der Waals surface area contributed by atoms with Crippen molar-refractivity contribution in [3.05, 3.63) is 36.4 Å². The Morgan fingerprint density at radius 3 is 2.81 bits per heavy atom. The second kappa shape index (κ2) is 4.07. The summed E-state index contributed by atoms with van der Waals surface area (Å²) in [5, 5.41) is 1.01. The quantitative estimate of drug-likeness (QED) is 0.802. The van der Waals surface area contributed by atoms with Crippen molar-refractivity contribution in [2.75, 3.05) is 11.7 Å². The molecule has 1 atom stereocenters. The molecular weight excluding hydrogens is 226 g/mol. The zero-order chi connectivity index (χ0) is 11.6. The Morgan fingerprint density at radius 1 is 1.31 bits per heavy atom. The Labute approximate surface area is 93.6 Å². The van der Waals surface area contributed by atoms with E-state index in [4.69, 9.17) is 4.78 Å². The Hall–Kier alpha value is -1.66. The lowest BCUT2D eigenvalue weighted by molar-refractivity contribution is 0.427. The van der Waals surface area contributed by atoms with Gasteiger partial charge in [0.05, 0.1) is 5.52 Å². The van der Waals surface area contributed by atoms with Crippen molar-refractivity contribution in [1.29, 1.82) is 4.78 Å². The standard InChI is InChI=1S/C10H11N3O2S/c1-16(11,14)15-13-10-7-6-8-4-2-3-5-9(8)12-10/h2-7,11H,1H3,(H,12,13). The van der Waals surface area contributed by atoms with Gasteiger partial charge < -0.3 is 0 Å². The number of nitrogens with zero attached hydrogens (tertiary/aromatic N) is 1. The third-order valence-electron chi connectivity index (χ3n) is 1.90. The highest BCUT2D eigenvalue weighted by Crippen LogP contribution is 2.14. The Bertz CT molecular complexity index is 610. The number of rotatable bonds is 3. The molecule has 2 N–H and O–H groups in total. The van der Waals surface area contributed by atoms with Gasteiger partial charge in [-0.15, -0.1) is 0 Å². The molecule has 0 radical (unpaired) electrons. The molecule has 1 aromatic heterocycles. The number of pyridine rings is 1. The summed E-state index contributed by atoms with van der Waals surface area (Å²) in [6.07, 6.45) is 1.18. The predicted octanol–water partition coefficient (Wildman–Crippen LogP) is 2.17. The number of benzene rings is 1. The summed E-state index contributed by atoms with van der Waals surface area (Å²) in [7, 11) is -3.03. The van der Waals surface area contributed by atoms with Gasteiger partial charge in [-0.2, -0.15) is 4.28 Å². The van der Waals surface area contributed by atoms with Crippen LogP contribution < -0.4 is 5.48 Å². The minimum atomic E-state index is -3.03. The maximum absolute atomic E-state index is 11.0. The zero-order valence-electron chi connectivity index (χ0n) is 8.64. The summed E-state index contributed by atoms with van der Waals surface area (Å²) >= 11 is 0. The number of hydrogen-bond acceptors (Lipinski definition) is 5. The van der Waals surface area contributed by atoms with Gasteiger partial charge in [0.15, 0.2) is 15.8 Å². The van der Waals surface area contributed by atoms with E-state index >= 15 is 0 Å². The summed E-state index contributed by atoms with van der Waals surface area (Å²) in [6, 6.07) is 11.2. The number of hydrogen-bond donors (Lipinski definition) is 2. The Morgan fingerprint density at radius 2 is 2.06 bits per heavy atom. The van der Waals surface area contributed by atoms with Crippen LogP contribution in [0.25, 0.3) is 10.9 Å². The van der Waals surface area contributed by atoms with E-state index in [0.29, 0.717) is 5.82 Å².